The van der Waals surface area contributed by atoms with E-state index in [0.29, 0.717) is 6.04 Å². The van der Waals surface area contributed by atoms with Gasteiger partial charge in [0, 0.05) is 17.5 Å². The zero-order valence-corrected chi connectivity index (χ0v) is 10.7. The van der Waals surface area contributed by atoms with Crippen LogP contribution >= 0.6 is 11.3 Å². The summed E-state index contributed by atoms with van der Waals surface area (Å²) in [5.41, 5.74) is 1.03. The molecule has 17 heavy (non-hydrogen) atoms. The molecule has 2 aromatic rings. The normalized spacial score (nSPS) is 15.4. The highest BCUT2D eigenvalue weighted by Crippen LogP contribution is 2.31. The third kappa shape index (κ3) is 2.42. The predicted molar refractivity (Wildman–Crippen MR) is 69.1 cm³/mol. The Hall–Kier alpha value is -1.13. The van der Waals surface area contributed by atoms with Crippen molar-refractivity contribution in [3.63, 3.8) is 0 Å². The molecule has 1 saturated carbocycles. The number of nitrogens with zero attached hydrogens (tertiary/aromatic N) is 1. The number of hydrogen-bond donors (Lipinski definition) is 1. The van der Waals surface area contributed by atoms with Crippen LogP contribution in [0.5, 0.6) is 0 Å². The van der Waals surface area contributed by atoms with Gasteiger partial charge in [-0.05, 0) is 31.4 Å². The lowest BCUT2D eigenvalue weighted by atomic mass is 10.3. The van der Waals surface area contributed by atoms with Crippen LogP contribution in [0.25, 0.3) is 10.6 Å². The summed E-state index contributed by atoms with van der Waals surface area (Å²) < 4.78 is 5.52. The molecular weight excluding hydrogens is 232 g/mol. The highest BCUT2D eigenvalue weighted by atomic mass is 32.1. The van der Waals surface area contributed by atoms with Gasteiger partial charge in [-0.1, -0.05) is 6.92 Å². The molecule has 3 rings (SSSR count). The van der Waals surface area contributed by atoms with Gasteiger partial charge in [-0.25, -0.2) is 4.98 Å². The van der Waals surface area contributed by atoms with Gasteiger partial charge in [0.15, 0.2) is 12.2 Å². The smallest absolute Gasteiger partial charge is 0.181 e. The van der Waals surface area contributed by atoms with Gasteiger partial charge in [-0.15, -0.1) is 11.3 Å². The van der Waals surface area contributed by atoms with Gasteiger partial charge in [0.05, 0.1) is 4.88 Å². The molecule has 1 N–H and O–H groups in total. The van der Waals surface area contributed by atoms with E-state index in [9.17, 15) is 0 Å². The first-order valence-corrected chi connectivity index (χ1v) is 6.93. The third-order valence-corrected chi connectivity index (χ3v) is 4.24. The van der Waals surface area contributed by atoms with Crippen molar-refractivity contribution in [2.75, 3.05) is 0 Å². The SMILES string of the molecule is CCc1ccc(-c2ocnc2CNC2CC2)s1. The minimum absolute atomic E-state index is 0.703. The highest BCUT2D eigenvalue weighted by molar-refractivity contribution is 7.15. The van der Waals surface area contributed by atoms with E-state index in [0.717, 1.165) is 24.4 Å². The molecule has 0 aliphatic heterocycles. The second-order valence-corrected chi connectivity index (χ2v) is 5.57. The van der Waals surface area contributed by atoms with Gasteiger partial charge in [-0.3, -0.25) is 0 Å². The average molecular weight is 248 g/mol. The maximum Gasteiger partial charge on any atom is 0.181 e. The van der Waals surface area contributed by atoms with Crippen molar-refractivity contribution in [3.8, 4) is 10.6 Å². The maximum atomic E-state index is 5.52. The van der Waals surface area contributed by atoms with Crippen LogP contribution in [0, 0.1) is 0 Å². The minimum Gasteiger partial charge on any atom is -0.442 e. The van der Waals surface area contributed by atoms with E-state index < -0.39 is 0 Å². The molecule has 0 amide bonds. The number of aromatic nitrogens is 1. The Balaban J connectivity index is 1.78. The molecule has 3 nitrogen and oxygen atoms in total. The standard InChI is InChI=1S/C13H16N2OS/c1-2-10-5-6-12(17-10)13-11(15-8-16-13)7-14-9-3-4-9/h5-6,8-9,14H,2-4,7H2,1H3. The first-order valence-electron chi connectivity index (χ1n) is 6.11. The zero-order chi connectivity index (χ0) is 11.7. The lowest BCUT2D eigenvalue weighted by molar-refractivity contribution is 0.570. The van der Waals surface area contributed by atoms with Gasteiger partial charge >= 0.3 is 0 Å². The Morgan fingerprint density at radius 3 is 3.06 bits per heavy atom. The Kier molecular flexibility index (Phi) is 2.99. The van der Waals surface area contributed by atoms with E-state index in [4.69, 9.17) is 4.42 Å². The van der Waals surface area contributed by atoms with E-state index in [-0.39, 0.29) is 0 Å². The summed E-state index contributed by atoms with van der Waals surface area (Å²) in [5.74, 6) is 0.933. The lowest BCUT2D eigenvalue weighted by Crippen LogP contribution is -2.15. The van der Waals surface area contributed by atoms with Crippen LogP contribution in [0.2, 0.25) is 0 Å². The molecule has 0 unspecified atom stereocenters. The average Bonchev–Trinajstić information content (AvgIpc) is 2.89. The molecule has 0 saturated heterocycles. The molecule has 1 fully saturated rings. The van der Waals surface area contributed by atoms with Crippen LogP contribution < -0.4 is 5.32 Å². The summed E-state index contributed by atoms with van der Waals surface area (Å²) in [7, 11) is 0. The fraction of sp³-hybridized carbons (Fsp3) is 0.462. The van der Waals surface area contributed by atoms with Crippen LogP contribution in [0.3, 0.4) is 0 Å². The first-order chi connectivity index (χ1) is 8.36. The molecular formula is C13H16N2OS. The highest BCUT2D eigenvalue weighted by Gasteiger charge is 2.22. The summed E-state index contributed by atoms with van der Waals surface area (Å²) in [5, 5.41) is 3.47. The van der Waals surface area contributed by atoms with Crippen molar-refractivity contribution < 1.29 is 4.42 Å². The molecule has 0 bridgehead atoms. The van der Waals surface area contributed by atoms with Gasteiger partial charge < -0.3 is 9.73 Å². The fourth-order valence-electron chi connectivity index (χ4n) is 1.81. The molecule has 2 aromatic heterocycles. The summed E-state index contributed by atoms with van der Waals surface area (Å²) in [6.45, 7) is 2.99. The largest absolute Gasteiger partial charge is 0.442 e. The monoisotopic (exact) mass is 248 g/mol. The maximum absolute atomic E-state index is 5.52. The molecule has 0 aromatic carbocycles. The molecule has 0 radical (unpaired) electrons. The molecule has 1 aliphatic carbocycles. The molecule has 0 spiro atoms. The fourth-order valence-corrected chi connectivity index (χ4v) is 2.77. The van der Waals surface area contributed by atoms with E-state index in [1.54, 1.807) is 17.7 Å². The number of aryl methyl sites for hydroxylation is 1. The quantitative estimate of drug-likeness (QED) is 0.883. The second-order valence-electron chi connectivity index (χ2n) is 4.40. The number of rotatable bonds is 5. The third-order valence-electron chi connectivity index (χ3n) is 3.01. The van der Waals surface area contributed by atoms with Crippen LogP contribution in [0.15, 0.2) is 22.9 Å². The number of hydrogen-bond acceptors (Lipinski definition) is 4. The number of oxazole rings is 1. The van der Waals surface area contributed by atoms with Crippen LogP contribution in [0.4, 0.5) is 0 Å². The molecule has 90 valence electrons. The Labute approximate surface area is 105 Å². The minimum atomic E-state index is 0.703. The van der Waals surface area contributed by atoms with Crippen LogP contribution in [-0.2, 0) is 13.0 Å². The zero-order valence-electron chi connectivity index (χ0n) is 9.90. The van der Waals surface area contributed by atoms with E-state index in [1.165, 1.54) is 22.6 Å². The van der Waals surface area contributed by atoms with Crippen LogP contribution in [-0.4, -0.2) is 11.0 Å². The van der Waals surface area contributed by atoms with Crippen molar-refractivity contribution in [2.45, 2.75) is 38.8 Å². The Morgan fingerprint density at radius 1 is 1.47 bits per heavy atom. The second kappa shape index (κ2) is 4.63. The van der Waals surface area contributed by atoms with Crippen molar-refractivity contribution in [1.82, 2.24) is 10.3 Å². The van der Waals surface area contributed by atoms with Crippen molar-refractivity contribution in [1.29, 1.82) is 0 Å². The van der Waals surface area contributed by atoms with Crippen molar-refractivity contribution in [2.24, 2.45) is 0 Å². The van der Waals surface area contributed by atoms with E-state index in [1.807, 2.05) is 0 Å². The molecule has 1 aliphatic rings. The van der Waals surface area contributed by atoms with Crippen LogP contribution in [0.1, 0.15) is 30.3 Å². The Bertz CT molecular complexity index is 499. The molecule has 0 atom stereocenters. The van der Waals surface area contributed by atoms with Crippen molar-refractivity contribution >= 4 is 11.3 Å². The van der Waals surface area contributed by atoms with Gasteiger partial charge in [0.25, 0.3) is 0 Å². The van der Waals surface area contributed by atoms with E-state index in [2.05, 4.69) is 29.4 Å². The Morgan fingerprint density at radius 2 is 2.35 bits per heavy atom. The molecule has 2 heterocycles. The van der Waals surface area contributed by atoms with Crippen molar-refractivity contribution in [3.05, 3.63) is 29.1 Å². The van der Waals surface area contributed by atoms with Gasteiger partial charge in [-0.2, -0.15) is 0 Å². The van der Waals surface area contributed by atoms with Gasteiger partial charge in [0.1, 0.15) is 5.69 Å². The predicted octanol–water partition coefficient (Wildman–Crippen LogP) is 3.22. The number of nitrogens with one attached hydrogen (secondary N) is 1. The summed E-state index contributed by atoms with van der Waals surface area (Å²) in [4.78, 5) is 6.88. The summed E-state index contributed by atoms with van der Waals surface area (Å²) in [6, 6.07) is 5.00. The topological polar surface area (TPSA) is 38.1 Å². The van der Waals surface area contributed by atoms with Gasteiger partial charge in [0.2, 0.25) is 0 Å². The summed E-state index contributed by atoms with van der Waals surface area (Å²) in [6.07, 6.45) is 5.22. The van der Waals surface area contributed by atoms with E-state index >= 15 is 0 Å². The first kappa shape index (κ1) is 11.0. The summed E-state index contributed by atoms with van der Waals surface area (Å²) >= 11 is 1.79. The molecule has 4 heteroatoms. The lowest BCUT2D eigenvalue weighted by Gasteiger charge is -2.00. The number of thiophene rings is 1.